The lowest BCUT2D eigenvalue weighted by Gasteiger charge is -2.17. The fourth-order valence-corrected chi connectivity index (χ4v) is 3.73. The molecule has 2 N–H and O–H groups in total. The molecule has 5 nitrogen and oxygen atoms in total. The largest absolute Gasteiger partial charge is 0.341 e. The number of aromatic nitrogens is 2. The van der Waals surface area contributed by atoms with Gasteiger partial charge in [0.15, 0.2) is 0 Å². The first kappa shape index (κ1) is 22.5. The maximum Gasteiger partial charge on any atom is 0.227 e. The van der Waals surface area contributed by atoms with Crippen molar-refractivity contribution in [3.8, 4) is 0 Å². The molecule has 1 fully saturated rings. The molecule has 0 aliphatic carbocycles. The number of carbonyl (C=O) groups excluding carboxylic acids is 1. The minimum atomic E-state index is 0. The molecule has 1 aliphatic rings. The number of benzene rings is 1. The van der Waals surface area contributed by atoms with Crippen LogP contribution >= 0.6 is 24.8 Å². The molecule has 0 spiro atoms. The van der Waals surface area contributed by atoms with Crippen LogP contribution in [0.25, 0.3) is 0 Å². The molecule has 1 aromatic carbocycles. The molecule has 3 rings (SSSR count). The summed E-state index contributed by atoms with van der Waals surface area (Å²) in [6.45, 7) is 6.09. The van der Waals surface area contributed by atoms with E-state index < -0.39 is 0 Å². The third kappa shape index (κ3) is 4.40. The SMILES string of the molecule is Cc1nn(C)c(C)c1CC(=O)N1C[C@@H](CN)[C@H](c2ccccc2)C1.Cl.Cl. The monoisotopic (exact) mass is 398 g/mol. The average Bonchev–Trinajstić information content (AvgIpc) is 3.12. The summed E-state index contributed by atoms with van der Waals surface area (Å²) >= 11 is 0. The number of hydrogen-bond donors (Lipinski definition) is 1. The van der Waals surface area contributed by atoms with E-state index in [0.717, 1.165) is 30.0 Å². The van der Waals surface area contributed by atoms with Crippen molar-refractivity contribution in [3.05, 3.63) is 52.8 Å². The third-order valence-corrected chi connectivity index (χ3v) is 5.31. The van der Waals surface area contributed by atoms with Crippen molar-refractivity contribution in [2.24, 2.45) is 18.7 Å². The van der Waals surface area contributed by atoms with E-state index in [2.05, 4.69) is 29.4 Å². The van der Waals surface area contributed by atoms with Crippen LogP contribution in [0, 0.1) is 19.8 Å². The summed E-state index contributed by atoms with van der Waals surface area (Å²) < 4.78 is 1.84. The third-order valence-electron chi connectivity index (χ3n) is 5.31. The van der Waals surface area contributed by atoms with Crippen molar-refractivity contribution in [1.29, 1.82) is 0 Å². The zero-order valence-electron chi connectivity index (χ0n) is 15.5. The van der Waals surface area contributed by atoms with Crippen LogP contribution in [0.5, 0.6) is 0 Å². The molecule has 2 heterocycles. The van der Waals surface area contributed by atoms with Crippen molar-refractivity contribution in [3.63, 3.8) is 0 Å². The number of nitrogens with two attached hydrogens (primary N) is 1. The summed E-state index contributed by atoms with van der Waals surface area (Å²) in [6, 6.07) is 10.4. The van der Waals surface area contributed by atoms with E-state index in [-0.39, 0.29) is 30.7 Å². The number of carbonyl (C=O) groups is 1. The Hall–Kier alpha value is -1.56. The number of hydrogen-bond acceptors (Lipinski definition) is 3. The molecule has 144 valence electrons. The molecular weight excluding hydrogens is 371 g/mol. The van der Waals surface area contributed by atoms with Gasteiger partial charge >= 0.3 is 0 Å². The van der Waals surface area contributed by atoms with Gasteiger partial charge in [0.1, 0.15) is 0 Å². The van der Waals surface area contributed by atoms with Crippen LogP contribution in [0.2, 0.25) is 0 Å². The Kier molecular flexibility index (Phi) is 8.13. The topological polar surface area (TPSA) is 64.2 Å². The fraction of sp³-hybridized carbons (Fsp3) is 0.474. The van der Waals surface area contributed by atoms with Crippen molar-refractivity contribution < 1.29 is 4.79 Å². The van der Waals surface area contributed by atoms with Crippen LogP contribution in [0.4, 0.5) is 0 Å². The van der Waals surface area contributed by atoms with E-state index in [0.29, 0.717) is 24.8 Å². The van der Waals surface area contributed by atoms with Crippen LogP contribution in [-0.2, 0) is 18.3 Å². The van der Waals surface area contributed by atoms with Gasteiger partial charge in [0.25, 0.3) is 0 Å². The molecule has 1 saturated heterocycles. The molecule has 1 aliphatic heterocycles. The normalized spacial score (nSPS) is 19.0. The summed E-state index contributed by atoms with van der Waals surface area (Å²) in [5.74, 6) is 0.828. The second kappa shape index (κ2) is 9.40. The van der Waals surface area contributed by atoms with Crippen molar-refractivity contribution in [2.45, 2.75) is 26.2 Å². The van der Waals surface area contributed by atoms with E-state index in [9.17, 15) is 4.79 Å². The molecule has 0 bridgehead atoms. The van der Waals surface area contributed by atoms with Crippen LogP contribution in [0.1, 0.15) is 28.4 Å². The Morgan fingerprint density at radius 3 is 2.38 bits per heavy atom. The highest BCUT2D eigenvalue weighted by Crippen LogP contribution is 2.32. The van der Waals surface area contributed by atoms with Gasteiger partial charge in [0, 0.05) is 37.3 Å². The highest BCUT2D eigenvalue weighted by atomic mass is 35.5. The number of nitrogens with zero attached hydrogens (tertiary/aromatic N) is 3. The predicted octanol–water partition coefficient (Wildman–Crippen LogP) is 2.62. The molecule has 1 amide bonds. The molecule has 7 heteroatoms. The quantitative estimate of drug-likeness (QED) is 0.860. The lowest BCUT2D eigenvalue weighted by molar-refractivity contribution is -0.129. The predicted molar refractivity (Wildman–Crippen MR) is 109 cm³/mol. The van der Waals surface area contributed by atoms with E-state index in [1.807, 2.05) is 36.5 Å². The number of likely N-dealkylation sites (tertiary alicyclic amines) is 1. The van der Waals surface area contributed by atoms with E-state index in [1.165, 1.54) is 5.56 Å². The molecular formula is C19H28Cl2N4O. The van der Waals surface area contributed by atoms with Gasteiger partial charge in [0.2, 0.25) is 5.91 Å². The second-order valence-corrected chi connectivity index (χ2v) is 6.76. The smallest absolute Gasteiger partial charge is 0.227 e. The highest BCUT2D eigenvalue weighted by molar-refractivity contribution is 5.85. The minimum Gasteiger partial charge on any atom is -0.341 e. The molecule has 0 unspecified atom stereocenters. The first-order valence-electron chi connectivity index (χ1n) is 8.53. The van der Waals surface area contributed by atoms with Gasteiger partial charge in [-0.2, -0.15) is 5.10 Å². The molecule has 2 atom stereocenters. The molecule has 2 aromatic rings. The van der Waals surface area contributed by atoms with Crippen LogP contribution in [0.3, 0.4) is 0 Å². The Bertz CT molecular complexity index is 733. The molecule has 1 aromatic heterocycles. The van der Waals surface area contributed by atoms with E-state index >= 15 is 0 Å². The number of amides is 1. The van der Waals surface area contributed by atoms with Gasteiger partial charge < -0.3 is 10.6 Å². The van der Waals surface area contributed by atoms with Gasteiger partial charge in [-0.1, -0.05) is 30.3 Å². The standard InChI is InChI=1S/C19H26N4O.2ClH/c1-13-17(14(2)22(3)21-13)9-19(24)23-11-16(10-20)18(12-23)15-7-5-4-6-8-15;;/h4-8,16,18H,9-12,20H2,1-3H3;2*1H/t16-,18+;;/m1../s1. The number of halogens is 2. The summed E-state index contributed by atoms with van der Waals surface area (Å²) in [7, 11) is 1.92. The average molecular weight is 399 g/mol. The van der Waals surface area contributed by atoms with Gasteiger partial charge in [-0.15, -0.1) is 24.8 Å². The first-order chi connectivity index (χ1) is 11.5. The van der Waals surface area contributed by atoms with Crippen molar-refractivity contribution in [1.82, 2.24) is 14.7 Å². The van der Waals surface area contributed by atoms with Gasteiger partial charge in [-0.25, -0.2) is 0 Å². The Morgan fingerprint density at radius 1 is 1.19 bits per heavy atom. The number of aryl methyl sites for hydroxylation is 2. The maximum absolute atomic E-state index is 12.8. The summed E-state index contributed by atoms with van der Waals surface area (Å²) in [5.41, 5.74) is 10.3. The van der Waals surface area contributed by atoms with E-state index in [1.54, 1.807) is 0 Å². The van der Waals surface area contributed by atoms with Crippen LogP contribution < -0.4 is 5.73 Å². The Balaban J connectivity index is 0.00000169. The van der Waals surface area contributed by atoms with Crippen molar-refractivity contribution in [2.75, 3.05) is 19.6 Å². The lowest BCUT2D eigenvalue weighted by atomic mass is 9.89. The summed E-state index contributed by atoms with van der Waals surface area (Å²) in [4.78, 5) is 14.8. The second-order valence-electron chi connectivity index (χ2n) is 6.76. The van der Waals surface area contributed by atoms with Gasteiger partial charge in [-0.05, 0) is 31.9 Å². The fourth-order valence-electron chi connectivity index (χ4n) is 3.73. The molecule has 26 heavy (non-hydrogen) atoms. The van der Waals surface area contributed by atoms with Gasteiger partial charge in [0.05, 0.1) is 12.1 Å². The lowest BCUT2D eigenvalue weighted by Crippen LogP contribution is -2.31. The molecule has 0 radical (unpaired) electrons. The Morgan fingerprint density at radius 2 is 1.85 bits per heavy atom. The zero-order chi connectivity index (χ0) is 17.3. The first-order valence-corrected chi connectivity index (χ1v) is 8.53. The Labute approximate surface area is 167 Å². The maximum atomic E-state index is 12.8. The minimum absolute atomic E-state index is 0. The van der Waals surface area contributed by atoms with Crippen molar-refractivity contribution >= 4 is 30.7 Å². The zero-order valence-corrected chi connectivity index (χ0v) is 17.1. The van der Waals surface area contributed by atoms with E-state index in [4.69, 9.17) is 5.73 Å². The molecule has 0 saturated carbocycles. The number of rotatable bonds is 4. The van der Waals surface area contributed by atoms with Crippen LogP contribution in [0.15, 0.2) is 30.3 Å². The van der Waals surface area contributed by atoms with Gasteiger partial charge in [-0.3, -0.25) is 9.48 Å². The highest BCUT2D eigenvalue weighted by Gasteiger charge is 2.35. The van der Waals surface area contributed by atoms with Crippen LogP contribution in [-0.4, -0.2) is 40.2 Å². The summed E-state index contributed by atoms with van der Waals surface area (Å²) in [5, 5.41) is 4.41. The summed E-state index contributed by atoms with van der Waals surface area (Å²) in [6.07, 6.45) is 0.421.